The van der Waals surface area contributed by atoms with Crippen molar-refractivity contribution in [1.29, 1.82) is 0 Å². The van der Waals surface area contributed by atoms with Crippen LogP contribution in [0.15, 0.2) is 35.2 Å². The molecular weight excluding hydrogens is 248 g/mol. The quantitative estimate of drug-likeness (QED) is 0.921. The molecule has 0 aliphatic rings. The highest BCUT2D eigenvalue weighted by Crippen LogP contribution is 2.17. The molecule has 2 aromatic rings. The third-order valence-electron chi connectivity index (χ3n) is 2.63. The highest BCUT2D eigenvalue weighted by molar-refractivity contribution is 7.07. The van der Waals surface area contributed by atoms with Crippen LogP contribution in [0.1, 0.15) is 29.0 Å². The Balaban J connectivity index is 2.02. The van der Waals surface area contributed by atoms with E-state index in [0.29, 0.717) is 5.69 Å². The summed E-state index contributed by atoms with van der Waals surface area (Å²) in [6.45, 7) is 1.94. The molecule has 18 heavy (non-hydrogen) atoms. The molecular formula is C13H14N2O2S. The number of hydrogen-bond acceptors (Lipinski definition) is 4. The number of thiazole rings is 1. The van der Waals surface area contributed by atoms with Crippen LogP contribution in [-0.4, -0.2) is 18.0 Å². The van der Waals surface area contributed by atoms with Crippen molar-refractivity contribution in [3.05, 3.63) is 46.4 Å². The first-order valence-electron chi connectivity index (χ1n) is 5.53. The number of carbonyl (C=O) groups excluding carboxylic acids is 1. The number of carbonyl (C=O) groups is 1. The summed E-state index contributed by atoms with van der Waals surface area (Å²) in [7, 11) is 1.63. The largest absolute Gasteiger partial charge is 0.497 e. The van der Waals surface area contributed by atoms with Crippen LogP contribution < -0.4 is 10.1 Å². The Morgan fingerprint density at radius 1 is 1.39 bits per heavy atom. The molecule has 1 amide bonds. The molecule has 0 spiro atoms. The van der Waals surface area contributed by atoms with E-state index in [1.165, 1.54) is 11.3 Å². The highest BCUT2D eigenvalue weighted by Gasteiger charge is 2.12. The average molecular weight is 262 g/mol. The lowest BCUT2D eigenvalue weighted by atomic mass is 10.1. The van der Waals surface area contributed by atoms with Crippen LogP contribution in [0.4, 0.5) is 0 Å². The summed E-state index contributed by atoms with van der Waals surface area (Å²) in [6, 6.07) is 7.56. The van der Waals surface area contributed by atoms with E-state index in [4.69, 9.17) is 4.74 Å². The zero-order valence-electron chi connectivity index (χ0n) is 10.2. The number of aromatic nitrogens is 1. The third-order valence-corrected chi connectivity index (χ3v) is 3.21. The van der Waals surface area contributed by atoms with Crippen molar-refractivity contribution < 1.29 is 9.53 Å². The number of benzene rings is 1. The van der Waals surface area contributed by atoms with Crippen LogP contribution in [0, 0.1) is 0 Å². The smallest absolute Gasteiger partial charge is 0.271 e. The average Bonchev–Trinajstić information content (AvgIpc) is 2.92. The van der Waals surface area contributed by atoms with E-state index in [9.17, 15) is 4.79 Å². The number of rotatable bonds is 4. The fraction of sp³-hybridized carbons (Fsp3) is 0.231. The topological polar surface area (TPSA) is 51.2 Å². The molecule has 5 heteroatoms. The first kappa shape index (κ1) is 12.6. The van der Waals surface area contributed by atoms with Crippen molar-refractivity contribution in [2.24, 2.45) is 0 Å². The molecule has 0 aliphatic heterocycles. The number of nitrogens with one attached hydrogen (secondary N) is 1. The molecule has 0 saturated carbocycles. The summed E-state index contributed by atoms with van der Waals surface area (Å²) >= 11 is 1.41. The van der Waals surface area contributed by atoms with Gasteiger partial charge in [0.2, 0.25) is 0 Å². The maximum absolute atomic E-state index is 11.8. The summed E-state index contributed by atoms with van der Waals surface area (Å²) < 4.78 is 5.09. The molecule has 94 valence electrons. The number of hydrogen-bond donors (Lipinski definition) is 1. The van der Waals surface area contributed by atoms with Crippen molar-refractivity contribution in [2.45, 2.75) is 13.0 Å². The fourth-order valence-electron chi connectivity index (χ4n) is 1.57. The molecule has 1 aromatic heterocycles. The van der Waals surface area contributed by atoms with Crippen LogP contribution in [0.2, 0.25) is 0 Å². The minimum absolute atomic E-state index is 0.0647. The van der Waals surface area contributed by atoms with Crippen molar-refractivity contribution in [1.82, 2.24) is 10.3 Å². The maximum atomic E-state index is 11.8. The van der Waals surface area contributed by atoms with E-state index in [1.807, 2.05) is 31.2 Å². The van der Waals surface area contributed by atoms with Gasteiger partial charge in [0.05, 0.1) is 18.7 Å². The molecule has 1 heterocycles. The van der Waals surface area contributed by atoms with Gasteiger partial charge in [-0.3, -0.25) is 4.79 Å². The number of ether oxygens (including phenoxy) is 1. The van der Waals surface area contributed by atoms with E-state index in [1.54, 1.807) is 18.0 Å². The van der Waals surface area contributed by atoms with Crippen LogP contribution in [0.25, 0.3) is 0 Å². The second-order valence-corrected chi connectivity index (χ2v) is 4.56. The van der Waals surface area contributed by atoms with Gasteiger partial charge in [-0.05, 0) is 24.6 Å². The zero-order valence-corrected chi connectivity index (χ0v) is 11.0. The van der Waals surface area contributed by atoms with Crippen LogP contribution in [-0.2, 0) is 0 Å². The lowest BCUT2D eigenvalue weighted by molar-refractivity contribution is 0.0935. The van der Waals surface area contributed by atoms with Gasteiger partial charge in [0, 0.05) is 5.38 Å². The van der Waals surface area contributed by atoms with Gasteiger partial charge in [0.1, 0.15) is 11.4 Å². The number of nitrogens with zero attached hydrogens (tertiary/aromatic N) is 1. The van der Waals surface area contributed by atoms with Gasteiger partial charge in [-0.2, -0.15) is 0 Å². The first-order chi connectivity index (χ1) is 8.70. The van der Waals surface area contributed by atoms with E-state index in [2.05, 4.69) is 10.3 Å². The lowest BCUT2D eigenvalue weighted by Gasteiger charge is -2.13. The summed E-state index contributed by atoms with van der Waals surface area (Å²) in [5.74, 6) is 0.649. The van der Waals surface area contributed by atoms with Gasteiger partial charge in [0.25, 0.3) is 5.91 Å². The van der Waals surface area contributed by atoms with Gasteiger partial charge in [-0.15, -0.1) is 11.3 Å². The highest BCUT2D eigenvalue weighted by atomic mass is 32.1. The second kappa shape index (κ2) is 5.64. The lowest BCUT2D eigenvalue weighted by Crippen LogP contribution is -2.26. The molecule has 1 aromatic carbocycles. The Morgan fingerprint density at radius 2 is 2.11 bits per heavy atom. The van der Waals surface area contributed by atoms with Crippen molar-refractivity contribution in [2.75, 3.05) is 7.11 Å². The van der Waals surface area contributed by atoms with E-state index in [-0.39, 0.29) is 11.9 Å². The van der Waals surface area contributed by atoms with Crippen molar-refractivity contribution in [3.8, 4) is 5.75 Å². The molecule has 2 rings (SSSR count). The van der Waals surface area contributed by atoms with E-state index in [0.717, 1.165) is 11.3 Å². The Labute approximate surface area is 110 Å². The first-order valence-corrected chi connectivity index (χ1v) is 6.48. The predicted molar refractivity (Wildman–Crippen MR) is 71.0 cm³/mol. The van der Waals surface area contributed by atoms with Crippen LogP contribution in [0.3, 0.4) is 0 Å². The van der Waals surface area contributed by atoms with Gasteiger partial charge in [-0.1, -0.05) is 12.1 Å². The Bertz CT molecular complexity index is 508. The van der Waals surface area contributed by atoms with Crippen LogP contribution in [0.5, 0.6) is 5.75 Å². The fourth-order valence-corrected chi connectivity index (χ4v) is 2.10. The summed E-state index contributed by atoms with van der Waals surface area (Å²) in [5.41, 5.74) is 3.13. The van der Waals surface area contributed by atoms with Crippen molar-refractivity contribution in [3.63, 3.8) is 0 Å². The Morgan fingerprint density at radius 3 is 2.67 bits per heavy atom. The van der Waals surface area contributed by atoms with Crippen LogP contribution >= 0.6 is 11.3 Å². The van der Waals surface area contributed by atoms with Gasteiger partial charge in [-0.25, -0.2) is 4.98 Å². The van der Waals surface area contributed by atoms with Gasteiger partial charge >= 0.3 is 0 Å². The molecule has 0 aliphatic carbocycles. The third kappa shape index (κ3) is 2.87. The summed E-state index contributed by atoms with van der Waals surface area (Å²) in [5, 5.41) is 4.63. The van der Waals surface area contributed by atoms with Crippen molar-refractivity contribution >= 4 is 17.2 Å². The number of methoxy groups -OCH3 is 1. The SMILES string of the molecule is COc1ccc(C(C)NC(=O)c2cscn2)cc1. The predicted octanol–water partition coefficient (Wildman–Crippen LogP) is 2.64. The Hall–Kier alpha value is -1.88. The normalized spacial score (nSPS) is 11.9. The summed E-state index contributed by atoms with van der Waals surface area (Å²) in [4.78, 5) is 15.8. The molecule has 4 nitrogen and oxygen atoms in total. The molecule has 1 N–H and O–H groups in total. The zero-order chi connectivity index (χ0) is 13.0. The standard InChI is InChI=1S/C13H14N2O2S/c1-9(10-3-5-11(17-2)6-4-10)15-13(16)12-7-18-8-14-12/h3-9H,1-2H3,(H,15,16). The molecule has 1 unspecified atom stereocenters. The minimum Gasteiger partial charge on any atom is -0.497 e. The van der Waals surface area contributed by atoms with Gasteiger partial charge in [0.15, 0.2) is 0 Å². The maximum Gasteiger partial charge on any atom is 0.271 e. The molecule has 1 atom stereocenters. The molecule has 0 saturated heterocycles. The minimum atomic E-state index is -0.153. The molecule has 0 radical (unpaired) electrons. The molecule has 0 bridgehead atoms. The van der Waals surface area contributed by atoms with E-state index < -0.39 is 0 Å². The van der Waals surface area contributed by atoms with E-state index >= 15 is 0 Å². The van der Waals surface area contributed by atoms with Gasteiger partial charge < -0.3 is 10.1 Å². The second-order valence-electron chi connectivity index (χ2n) is 3.84. The number of amides is 1. The molecule has 0 fully saturated rings. The Kier molecular flexibility index (Phi) is 3.94. The monoisotopic (exact) mass is 262 g/mol. The summed E-state index contributed by atoms with van der Waals surface area (Å²) in [6.07, 6.45) is 0.